The number of thioether (sulfide) groups is 2. The number of aryl methyl sites for hydroxylation is 1. The number of nitrogens with zero attached hydrogens (tertiary/aromatic N) is 1. The van der Waals surface area contributed by atoms with Crippen LogP contribution < -0.4 is 5.11 Å². The average Bonchev–Trinajstić information content (AvgIpc) is 2.83. The summed E-state index contributed by atoms with van der Waals surface area (Å²) in [5.41, 5.74) is 2.11. The number of benzene rings is 1. The van der Waals surface area contributed by atoms with Gasteiger partial charge in [0.15, 0.2) is 0 Å². The van der Waals surface area contributed by atoms with Gasteiger partial charge in [-0.3, -0.25) is 9.69 Å². The van der Waals surface area contributed by atoms with E-state index in [2.05, 4.69) is 6.92 Å². The van der Waals surface area contributed by atoms with Crippen LogP contribution in [-0.4, -0.2) is 39.1 Å². The first kappa shape index (κ1) is 19.0. The third-order valence-corrected chi connectivity index (χ3v) is 5.66. The van der Waals surface area contributed by atoms with Crippen molar-refractivity contribution in [1.29, 1.82) is 0 Å². The van der Waals surface area contributed by atoms with Gasteiger partial charge in [0.2, 0.25) is 0 Å². The number of carbonyl (C=O) groups excluding carboxylic acids is 2. The van der Waals surface area contributed by atoms with Gasteiger partial charge in [-0.25, -0.2) is 0 Å². The van der Waals surface area contributed by atoms with Gasteiger partial charge >= 0.3 is 0 Å². The maximum atomic E-state index is 12.6. The van der Waals surface area contributed by atoms with Gasteiger partial charge in [0, 0.05) is 0 Å². The van der Waals surface area contributed by atoms with Crippen molar-refractivity contribution in [2.45, 2.75) is 25.8 Å². The lowest BCUT2D eigenvalue weighted by molar-refractivity contribution is -0.310. The number of carboxylic acids is 1. The van der Waals surface area contributed by atoms with Crippen LogP contribution in [0.4, 0.5) is 0 Å². The van der Waals surface area contributed by atoms with Crippen LogP contribution in [0.5, 0.6) is 0 Å². The standard InChI is InChI=1S/C17H19NO3S3/c1-3-11-4-6-12(7-5-11)10-14-15(19)18(17(22)24-14)13(16(20)21)8-9-23-2/h4-7,10,13H,3,8-9H2,1-2H3,(H,20,21)/p-1/b14-10+/t13-/m0/s1. The fraction of sp³-hybridized carbons (Fsp3) is 0.353. The molecular weight excluding hydrogens is 362 g/mol. The molecule has 128 valence electrons. The van der Waals surface area contributed by atoms with Crippen molar-refractivity contribution >= 4 is 58.0 Å². The number of rotatable bonds is 7. The predicted octanol–water partition coefficient (Wildman–Crippen LogP) is 2.32. The lowest BCUT2D eigenvalue weighted by atomic mass is 10.1. The van der Waals surface area contributed by atoms with Crippen molar-refractivity contribution in [2.24, 2.45) is 0 Å². The monoisotopic (exact) mass is 380 g/mol. The first-order valence-electron chi connectivity index (χ1n) is 7.53. The minimum absolute atomic E-state index is 0.270. The van der Waals surface area contributed by atoms with E-state index in [9.17, 15) is 14.7 Å². The van der Waals surface area contributed by atoms with Crippen LogP contribution in [-0.2, 0) is 16.0 Å². The van der Waals surface area contributed by atoms with Crippen LogP contribution in [0.1, 0.15) is 24.5 Å². The van der Waals surface area contributed by atoms with Gasteiger partial charge in [-0.05, 0) is 42.1 Å². The van der Waals surface area contributed by atoms with Crippen LogP contribution in [0.3, 0.4) is 0 Å². The lowest BCUT2D eigenvalue weighted by Crippen LogP contribution is -2.50. The van der Waals surface area contributed by atoms with E-state index in [1.165, 1.54) is 22.2 Å². The molecule has 7 heteroatoms. The number of carboxylic acid groups (broad SMARTS) is 1. The zero-order chi connectivity index (χ0) is 17.7. The first-order valence-corrected chi connectivity index (χ1v) is 10.2. The Morgan fingerprint density at radius 3 is 2.62 bits per heavy atom. The van der Waals surface area contributed by atoms with Gasteiger partial charge in [0.1, 0.15) is 4.32 Å². The maximum Gasteiger partial charge on any atom is 0.266 e. The molecule has 1 aromatic rings. The Kier molecular flexibility index (Phi) is 6.89. The molecule has 2 rings (SSSR count). The highest BCUT2D eigenvalue weighted by molar-refractivity contribution is 8.26. The van der Waals surface area contributed by atoms with Crippen LogP contribution in [0.25, 0.3) is 6.08 Å². The minimum atomic E-state index is -1.27. The van der Waals surface area contributed by atoms with Gasteiger partial charge in [0.05, 0.1) is 16.9 Å². The fourth-order valence-corrected chi connectivity index (χ4v) is 4.15. The Hall–Kier alpha value is -1.31. The summed E-state index contributed by atoms with van der Waals surface area (Å²) in [6.45, 7) is 2.08. The second kappa shape index (κ2) is 8.69. The first-order chi connectivity index (χ1) is 11.5. The van der Waals surface area contributed by atoms with Crippen molar-refractivity contribution in [2.75, 3.05) is 12.0 Å². The van der Waals surface area contributed by atoms with Gasteiger partial charge in [0.25, 0.3) is 5.91 Å². The lowest BCUT2D eigenvalue weighted by Gasteiger charge is -2.27. The fourth-order valence-electron chi connectivity index (χ4n) is 2.33. The van der Waals surface area contributed by atoms with Crippen molar-refractivity contribution in [3.63, 3.8) is 0 Å². The molecule has 1 saturated heterocycles. The van der Waals surface area contributed by atoms with E-state index in [0.717, 1.165) is 23.7 Å². The highest BCUT2D eigenvalue weighted by Gasteiger charge is 2.37. The normalized spacial score (nSPS) is 17.6. The molecule has 0 bridgehead atoms. The van der Waals surface area contributed by atoms with Crippen LogP contribution in [0.15, 0.2) is 29.2 Å². The third kappa shape index (κ3) is 4.40. The minimum Gasteiger partial charge on any atom is -0.548 e. The van der Waals surface area contributed by atoms with Crippen molar-refractivity contribution in [3.05, 3.63) is 40.3 Å². The molecule has 1 heterocycles. The summed E-state index contributed by atoms with van der Waals surface area (Å²) in [7, 11) is 0. The van der Waals surface area contributed by atoms with E-state index in [-0.39, 0.29) is 10.2 Å². The van der Waals surface area contributed by atoms with E-state index in [1.54, 1.807) is 6.08 Å². The molecule has 0 aliphatic carbocycles. The molecule has 0 aromatic heterocycles. The Balaban J connectivity index is 2.23. The summed E-state index contributed by atoms with van der Waals surface area (Å²) in [5, 5.41) is 11.4. The SMILES string of the molecule is CCc1ccc(/C=C2/SC(=S)N([C@@H](CCSC)C(=O)[O-])C2=O)cc1. The molecule has 1 aliphatic heterocycles. The van der Waals surface area contributed by atoms with Crippen molar-refractivity contribution in [1.82, 2.24) is 4.90 Å². The summed E-state index contributed by atoms with van der Waals surface area (Å²) < 4.78 is 0.270. The smallest absolute Gasteiger partial charge is 0.266 e. The Morgan fingerprint density at radius 2 is 2.08 bits per heavy atom. The highest BCUT2D eigenvalue weighted by Crippen LogP contribution is 2.34. The van der Waals surface area contributed by atoms with Crippen molar-refractivity contribution in [3.8, 4) is 0 Å². The molecular formula is C17H18NO3S3-. The van der Waals surface area contributed by atoms with E-state index < -0.39 is 12.0 Å². The molecule has 1 amide bonds. The number of hydrogen-bond acceptors (Lipinski definition) is 6. The maximum absolute atomic E-state index is 12.6. The molecule has 4 nitrogen and oxygen atoms in total. The molecule has 0 saturated carbocycles. The molecule has 24 heavy (non-hydrogen) atoms. The predicted molar refractivity (Wildman–Crippen MR) is 103 cm³/mol. The van der Waals surface area contributed by atoms with Gasteiger partial charge in [-0.1, -0.05) is 55.2 Å². The summed E-state index contributed by atoms with van der Waals surface area (Å²) in [6.07, 6.45) is 4.90. The number of carbonyl (C=O) groups is 2. The Bertz CT molecular complexity index is 670. The van der Waals surface area contributed by atoms with E-state index in [4.69, 9.17) is 12.2 Å². The largest absolute Gasteiger partial charge is 0.548 e. The second-order valence-electron chi connectivity index (χ2n) is 5.26. The highest BCUT2D eigenvalue weighted by atomic mass is 32.2. The molecule has 1 aromatic carbocycles. The summed E-state index contributed by atoms with van der Waals surface area (Å²) in [5.74, 6) is -1.01. The summed E-state index contributed by atoms with van der Waals surface area (Å²) in [6, 6.07) is 6.88. The zero-order valence-electron chi connectivity index (χ0n) is 13.5. The second-order valence-corrected chi connectivity index (χ2v) is 7.92. The van der Waals surface area contributed by atoms with E-state index in [0.29, 0.717) is 17.1 Å². The molecule has 1 fully saturated rings. The third-order valence-electron chi connectivity index (χ3n) is 3.69. The number of hydrogen-bond donors (Lipinski definition) is 0. The molecule has 0 unspecified atom stereocenters. The van der Waals surface area contributed by atoms with E-state index in [1.807, 2.05) is 30.5 Å². The number of aliphatic carboxylic acids is 1. The molecule has 1 atom stereocenters. The number of amides is 1. The zero-order valence-corrected chi connectivity index (χ0v) is 15.9. The summed E-state index contributed by atoms with van der Waals surface area (Å²) >= 11 is 7.88. The average molecular weight is 381 g/mol. The van der Waals surface area contributed by atoms with Crippen LogP contribution in [0, 0.1) is 0 Å². The van der Waals surface area contributed by atoms with Gasteiger partial charge in [-0.15, -0.1) is 0 Å². The topological polar surface area (TPSA) is 60.4 Å². The molecule has 0 radical (unpaired) electrons. The molecule has 0 spiro atoms. The molecule has 0 N–H and O–H groups in total. The van der Waals surface area contributed by atoms with Gasteiger partial charge < -0.3 is 9.90 Å². The van der Waals surface area contributed by atoms with Crippen LogP contribution in [0.2, 0.25) is 0 Å². The van der Waals surface area contributed by atoms with Crippen molar-refractivity contribution < 1.29 is 14.7 Å². The summed E-state index contributed by atoms with van der Waals surface area (Å²) in [4.78, 5) is 25.6. The van der Waals surface area contributed by atoms with E-state index >= 15 is 0 Å². The Morgan fingerprint density at radius 1 is 1.42 bits per heavy atom. The quantitative estimate of drug-likeness (QED) is 0.534. The van der Waals surface area contributed by atoms with Gasteiger partial charge in [-0.2, -0.15) is 11.8 Å². The van der Waals surface area contributed by atoms with Crippen LogP contribution >= 0.6 is 35.7 Å². The number of thiocarbonyl (C=S) groups is 1. The Labute approximate surface area is 155 Å². The molecule has 1 aliphatic rings.